The van der Waals surface area contributed by atoms with Crippen molar-refractivity contribution in [2.45, 2.75) is 67.1 Å². The number of rotatable bonds is 4. The molecule has 2 heterocycles. The molecule has 2 aromatic rings. The molecule has 0 aromatic carbocycles. The minimum atomic E-state index is -2.27. The van der Waals surface area contributed by atoms with E-state index in [2.05, 4.69) is 9.68 Å². The number of hydrogen-bond donors (Lipinski definition) is 3. The van der Waals surface area contributed by atoms with Gasteiger partial charge in [0.2, 0.25) is 0 Å². The molecule has 0 unspecified atom stereocenters. The standard InChI is InChI=1S/C21H23FN3O4S2/c1-20(28,10-26)15-9-13(22)18(30-15)31(29)25-19(27)24-16-11-3-2-4-14(11)23-17-12(16)5-6-21(17)7-8-21/h9,26,28H,2-8,10H2,1H3,(H,23,24,27)/q-1/t20-/m0/s1. The van der Waals surface area contributed by atoms with E-state index in [1.807, 2.05) is 0 Å². The number of aryl methyl sites for hydroxylation is 1. The zero-order valence-electron chi connectivity index (χ0n) is 17.0. The van der Waals surface area contributed by atoms with E-state index in [1.165, 1.54) is 6.92 Å². The second kappa shape index (κ2) is 7.33. The predicted octanol–water partition coefficient (Wildman–Crippen LogP) is 3.69. The molecule has 0 bridgehead atoms. The van der Waals surface area contributed by atoms with Crippen LogP contribution in [0.25, 0.3) is 0 Å². The number of amides is 2. The third kappa shape index (κ3) is 3.49. The van der Waals surface area contributed by atoms with Crippen molar-refractivity contribution in [3.63, 3.8) is 0 Å². The lowest BCUT2D eigenvalue weighted by Crippen LogP contribution is -2.24. The van der Waals surface area contributed by atoms with Crippen molar-refractivity contribution in [1.82, 2.24) is 4.98 Å². The monoisotopic (exact) mass is 464 g/mol. The molecule has 7 nitrogen and oxygen atoms in total. The Kier molecular flexibility index (Phi) is 4.96. The molecule has 1 fully saturated rings. The lowest BCUT2D eigenvalue weighted by Gasteiger charge is -2.18. The number of carbonyl (C=O) groups excluding carboxylic acids is 1. The molecule has 166 valence electrons. The summed E-state index contributed by atoms with van der Waals surface area (Å²) >= 11 is 0.727. The van der Waals surface area contributed by atoms with Gasteiger partial charge in [-0.05, 0) is 73.3 Å². The fourth-order valence-electron chi connectivity index (χ4n) is 4.64. The average molecular weight is 465 g/mol. The van der Waals surface area contributed by atoms with Gasteiger partial charge in [-0.2, -0.15) is 11.3 Å². The quantitative estimate of drug-likeness (QED) is 0.598. The topological polar surface area (TPSA) is 112 Å². The van der Waals surface area contributed by atoms with Crippen LogP contribution in [-0.2, 0) is 45.1 Å². The van der Waals surface area contributed by atoms with Gasteiger partial charge in [-0.15, -0.1) is 10.6 Å². The van der Waals surface area contributed by atoms with E-state index in [1.54, 1.807) is 0 Å². The van der Waals surface area contributed by atoms with Crippen LogP contribution >= 0.6 is 11.3 Å². The van der Waals surface area contributed by atoms with Crippen LogP contribution in [0.1, 0.15) is 60.0 Å². The molecule has 0 saturated heterocycles. The number of nitrogens with one attached hydrogen (secondary N) is 1. The van der Waals surface area contributed by atoms with E-state index in [-0.39, 0.29) is 14.5 Å². The van der Waals surface area contributed by atoms with E-state index >= 15 is 0 Å². The normalized spacial score (nSPS) is 21.0. The number of fused-ring (bicyclic) bond motifs is 3. The number of nitrogens with zero attached hydrogens (tertiary/aromatic N) is 2. The van der Waals surface area contributed by atoms with Crippen LogP contribution in [0.3, 0.4) is 0 Å². The third-order valence-electron chi connectivity index (χ3n) is 6.58. The van der Waals surface area contributed by atoms with Crippen LogP contribution < -0.4 is 5.32 Å². The van der Waals surface area contributed by atoms with Crippen molar-refractivity contribution in [2.24, 2.45) is 4.36 Å². The highest BCUT2D eigenvalue weighted by Crippen LogP contribution is 2.58. The molecule has 0 aliphatic heterocycles. The van der Waals surface area contributed by atoms with E-state index < -0.39 is 34.7 Å². The summed E-state index contributed by atoms with van der Waals surface area (Å²) in [5, 5.41) is 22.2. The molecule has 5 rings (SSSR count). The molecule has 3 aliphatic rings. The third-order valence-corrected chi connectivity index (χ3v) is 9.26. The van der Waals surface area contributed by atoms with Gasteiger partial charge in [0.1, 0.15) is 11.4 Å². The van der Waals surface area contributed by atoms with Crippen molar-refractivity contribution < 1.29 is 23.6 Å². The Bertz CT molecular complexity index is 1180. The maximum Gasteiger partial charge on any atom is 0.322 e. The molecule has 10 heteroatoms. The van der Waals surface area contributed by atoms with Gasteiger partial charge in [0, 0.05) is 16.0 Å². The number of carbonyl (C=O) groups is 1. The van der Waals surface area contributed by atoms with E-state index in [4.69, 9.17) is 4.98 Å². The summed E-state index contributed by atoms with van der Waals surface area (Å²) in [6.45, 7) is 0.711. The Labute approximate surface area is 184 Å². The molecule has 3 N–H and O–H groups in total. The van der Waals surface area contributed by atoms with Gasteiger partial charge >= 0.3 is 6.03 Å². The fraction of sp³-hybridized carbons (Fsp3) is 0.524. The Morgan fingerprint density at radius 2 is 2.13 bits per heavy atom. The number of urea groups is 1. The van der Waals surface area contributed by atoms with Gasteiger partial charge in [0.15, 0.2) is 0 Å². The Morgan fingerprint density at radius 3 is 2.84 bits per heavy atom. The molecule has 0 radical (unpaired) electrons. The van der Waals surface area contributed by atoms with Crippen molar-refractivity contribution in [1.29, 1.82) is 0 Å². The number of aliphatic hydroxyl groups is 2. The minimum Gasteiger partial charge on any atom is -0.439 e. The van der Waals surface area contributed by atoms with Crippen LogP contribution in [0.15, 0.2) is 14.6 Å². The molecule has 1 atom stereocenters. The van der Waals surface area contributed by atoms with Gasteiger partial charge in [0.05, 0.1) is 18.0 Å². The zero-order valence-corrected chi connectivity index (χ0v) is 18.7. The van der Waals surface area contributed by atoms with Crippen molar-refractivity contribution >= 4 is 33.7 Å². The largest absolute Gasteiger partial charge is 0.439 e. The van der Waals surface area contributed by atoms with E-state index in [0.717, 1.165) is 90.6 Å². The highest BCUT2D eigenvalue weighted by Gasteiger charge is 2.51. The Hall–Kier alpha value is -1.88. The molecule has 2 aromatic heterocycles. The Balaban J connectivity index is 1.45. The molecular formula is C21H23FN3O4S2-. The summed E-state index contributed by atoms with van der Waals surface area (Å²) in [5.74, 6) is -0.829. The number of aliphatic hydroxyl groups excluding tert-OH is 1. The second-order valence-corrected chi connectivity index (χ2v) is 11.2. The highest BCUT2D eigenvalue weighted by molar-refractivity contribution is 7.78. The lowest BCUT2D eigenvalue weighted by molar-refractivity contribution is 0.000654. The molecule has 3 aliphatic carbocycles. The maximum absolute atomic E-state index is 14.3. The van der Waals surface area contributed by atoms with E-state index in [0.29, 0.717) is 0 Å². The summed E-state index contributed by atoms with van der Waals surface area (Å²) in [6, 6.07) is 0.222. The number of halogens is 1. The Morgan fingerprint density at radius 1 is 1.35 bits per heavy atom. The number of thiophene rings is 1. The van der Waals surface area contributed by atoms with Crippen LogP contribution in [0.5, 0.6) is 0 Å². The predicted molar refractivity (Wildman–Crippen MR) is 114 cm³/mol. The van der Waals surface area contributed by atoms with Crippen molar-refractivity contribution in [3.8, 4) is 0 Å². The van der Waals surface area contributed by atoms with Crippen LogP contribution in [-0.4, -0.2) is 27.8 Å². The van der Waals surface area contributed by atoms with Gasteiger partial charge < -0.3 is 24.1 Å². The molecule has 31 heavy (non-hydrogen) atoms. The highest BCUT2D eigenvalue weighted by atomic mass is 32.2. The van der Waals surface area contributed by atoms with Gasteiger partial charge in [-0.1, -0.05) is 0 Å². The lowest BCUT2D eigenvalue weighted by atomic mass is 10.0. The first-order chi connectivity index (χ1) is 14.7. The average Bonchev–Trinajstić information content (AvgIpc) is 3.03. The first-order valence-electron chi connectivity index (χ1n) is 10.4. The summed E-state index contributed by atoms with van der Waals surface area (Å²) < 4.78 is 30.2. The molecule has 1 spiro atoms. The van der Waals surface area contributed by atoms with Crippen LogP contribution in [0, 0.1) is 5.82 Å². The molecular weight excluding hydrogens is 441 g/mol. The van der Waals surface area contributed by atoms with Crippen molar-refractivity contribution in [3.05, 3.63) is 39.3 Å². The van der Waals surface area contributed by atoms with Crippen LogP contribution in [0.2, 0.25) is 0 Å². The second-order valence-electron chi connectivity index (χ2n) is 8.82. The number of aromatic nitrogens is 1. The van der Waals surface area contributed by atoms with Gasteiger partial charge in [-0.25, -0.2) is 9.18 Å². The summed E-state index contributed by atoms with van der Waals surface area (Å²) in [6.07, 6.45) is 6.86. The van der Waals surface area contributed by atoms with Gasteiger partial charge in [0.25, 0.3) is 0 Å². The summed E-state index contributed by atoms with van der Waals surface area (Å²) in [4.78, 5) is 17.7. The smallest absolute Gasteiger partial charge is 0.322 e. The summed E-state index contributed by atoms with van der Waals surface area (Å²) in [7, 11) is -2.27. The number of hydrogen-bond acceptors (Lipinski definition) is 7. The minimum absolute atomic E-state index is 0.117. The number of anilines is 1. The van der Waals surface area contributed by atoms with Gasteiger partial charge in [-0.3, -0.25) is 4.98 Å². The number of pyridine rings is 1. The summed E-state index contributed by atoms with van der Waals surface area (Å²) in [5.41, 5.74) is 3.50. The molecule has 1 saturated carbocycles. The molecule has 2 amide bonds. The SMILES string of the molecule is C[C@](O)(CO)c1cc(F)c([S-](=O)=NC(=O)Nc2c3c(nc4c2CCC42CC2)CCC3)s1. The van der Waals surface area contributed by atoms with Crippen molar-refractivity contribution in [2.75, 3.05) is 11.9 Å². The maximum atomic E-state index is 14.3. The van der Waals surface area contributed by atoms with Crippen LogP contribution in [0.4, 0.5) is 14.9 Å². The fourth-order valence-corrected chi connectivity index (χ4v) is 6.61. The van der Waals surface area contributed by atoms with E-state index in [9.17, 15) is 23.6 Å². The zero-order chi connectivity index (χ0) is 22.0. The first kappa shape index (κ1) is 21.0. The first-order valence-corrected chi connectivity index (χ1v) is 12.3.